The predicted molar refractivity (Wildman–Crippen MR) is 201 cm³/mol. The molecule has 2 aliphatic heterocycles. The SMILES string of the molecule is O=C1c2ccccc2C(=O)c2cc(C(=O)N3CCC(C(=O)N(CCCN4CCC(Cc5ccc(F)cc5)CC4)c4ccc(Cl)c(Cl)c4)CC3)ccc21. The van der Waals surface area contributed by atoms with Crippen molar-refractivity contribution < 1.29 is 23.6 Å². The van der Waals surface area contributed by atoms with Gasteiger partial charge in [-0.3, -0.25) is 19.2 Å². The van der Waals surface area contributed by atoms with Gasteiger partial charge >= 0.3 is 0 Å². The molecule has 0 N–H and O–H groups in total. The lowest BCUT2D eigenvalue weighted by Crippen LogP contribution is -2.45. The summed E-state index contributed by atoms with van der Waals surface area (Å²) in [6.07, 6.45) is 4.91. The van der Waals surface area contributed by atoms with Crippen LogP contribution in [-0.2, 0) is 11.2 Å². The quantitative estimate of drug-likeness (QED) is 0.153. The average Bonchev–Trinajstić information content (AvgIpc) is 3.17. The monoisotopic (exact) mass is 739 g/mol. The summed E-state index contributed by atoms with van der Waals surface area (Å²) in [5.41, 5.74) is 3.49. The molecule has 0 atom stereocenters. The third-order valence-corrected chi connectivity index (χ3v) is 11.5. The van der Waals surface area contributed by atoms with Crippen LogP contribution in [0.5, 0.6) is 0 Å². The Bertz CT molecular complexity index is 2000. The molecule has 0 aromatic heterocycles. The minimum Gasteiger partial charge on any atom is -0.339 e. The van der Waals surface area contributed by atoms with Crippen LogP contribution < -0.4 is 4.90 Å². The second-order valence-electron chi connectivity index (χ2n) is 14.1. The molecule has 7 rings (SSSR count). The van der Waals surface area contributed by atoms with Crippen molar-refractivity contribution in [2.45, 2.75) is 38.5 Å². The summed E-state index contributed by atoms with van der Waals surface area (Å²) in [7, 11) is 0. The Labute approximate surface area is 313 Å². The zero-order chi connectivity index (χ0) is 36.4. The molecule has 3 aliphatic rings. The van der Waals surface area contributed by atoms with Crippen molar-refractivity contribution in [3.8, 4) is 0 Å². The van der Waals surface area contributed by atoms with E-state index in [1.807, 2.05) is 23.1 Å². The van der Waals surface area contributed by atoms with E-state index in [0.717, 1.165) is 45.3 Å². The Hall–Kier alpha value is -4.37. The molecule has 2 heterocycles. The molecule has 268 valence electrons. The molecule has 2 fully saturated rings. The van der Waals surface area contributed by atoms with Crippen LogP contribution in [0.4, 0.5) is 10.1 Å². The van der Waals surface area contributed by atoms with Crippen molar-refractivity contribution >= 4 is 52.3 Å². The fourth-order valence-electron chi connectivity index (χ4n) is 7.80. The maximum Gasteiger partial charge on any atom is 0.253 e. The Morgan fingerprint density at radius 2 is 1.38 bits per heavy atom. The van der Waals surface area contributed by atoms with Crippen LogP contribution in [-0.4, -0.2) is 72.4 Å². The molecule has 0 radical (unpaired) electrons. The molecule has 0 bridgehead atoms. The van der Waals surface area contributed by atoms with E-state index < -0.39 is 0 Å². The van der Waals surface area contributed by atoms with Crippen LogP contribution in [0.15, 0.2) is 84.9 Å². The molecule has 4 aromatic rings. The van der Waals surface area contributed by atoms with Gasteiger partial charge in [-0.25, -0.2) is 4.39 Å². The van der Waals surface area contributed by atoms with E-state index in [-0.39, 0.29) is 40.7 Å². The lowest BCUT2D eigenvalue weighted by atomic mass is 9.83. The minimum atomic E-state index is -0.278. The maximum absolute atomic E-state index is 14.1. The van der Waals surface area contributed by atoms with E-state index in [0.29, 0.717) is 76.4 Å². The second kappa shape index (κ2) is 15.7. The normalized spacial score (nSPS) is 16.8. The first-order chi connectivity index (χ1) is 25.2. The average molecular weight is 741 g/mol. The number of carbonyl (C=O) groups excluding carboxylic acids is 4. The summed E-state index contributed by atoms with van der Waals surface area (Å²) in [6, 6.07) is 23.5. The van der Waals surface area contributed by atoms with Crippen molar-refractivity contribution in [1.82, 2.24) is 9.80 Å². The first kappa shape index (κ1) is 36.0. The summed E-state index contributed by atoms with van der Waals surface area (Å²) in [5, 5.41) is 0.805. The fourth-order valence-corrected chi connectivity index (χ4v) is 8.10. The Kier molecular flexibility index (Phi) is 10.9. The van der Waals surface area contributed by atoms with Gasteiger partial charge in [-0.05, 0) is 118 Å². The van der Waals surface area contributed by atoms with Crippen molar-refractivity contribution in [3.63, 3.8) is 0 Å². The molecule has 4 aromatic carbocycles. The third-order valence-electron chi connectivity index (χ3n) is 10.8. The number of nitrogens with zero attached hydrogens (tertiary/aromatic N) is 3. The van der Waals surface area contributed by atoms with Gasteiger partial charge in [0.25, 0.3) is 5.91 Å². The number of ketones is 2. The van der Waals surface area contributed by atoms with Gasteiger partial charge in [0.2, 0.25) is 5.91 Å². The number of rotatable bonds is 9. The summed E-state index contributed by atoms with van der Waals surface area (Å²) in [5.74, 6) is -0.627. The standard InChI is InChI=1S/C42H40Cl2FN3O4/c43-37-13-11-32(26-38(37)44)48(19-3-18-46-20-14-28(15-21-46)24-27-6-9-31(45)10-7-27)42(52)29-16-22-47(23-17-29)41(51)30-8-12-35-36(25-30)40(50)34-5-2-1-4-33(34)39(35)49/h1-2,4-13,25-26,28-29H,3,14-24H2. The lowest BCUT2D eigenvalue weighted by Gasteiger charge is -2.35. The van der Waals surface area contributed by atoms with Crippen molar-refractivity contribution in [2.75, 3.05) is 44.2 Å². The van der Waals surface area contributed by atoms with E-state index in [4.69, 9.17) is 23.2 Å². The number of likely N-dealkylation sites (tertiary alicyclic amines) is 2. The summed E-state index contributed by atoms with van der Waals surface area (Å²) >= 11 is 12.6. The summed E-state index contributed by atoms with van der Waals surface area (Å²) < 4.78 is 13.3. The van der Waals surface area contributed by atoms with Gasteiger partial charge in [0.15, 0.2) is 11.6 Å². The highest BCUT2D eigenvalue weighted by molar-refractivity contribution is 6.42. The number of hydrogen-bond acceptors (Lipinski definition) is 5. The Morgan fingerprint density at radius 3 is 2.06 bits per heavy atom. The molecule has 0 unspecified atom stereocenters. The van der Waals surface area contributed by atoms with Crippen LogP contribution in [0.1, 0.15) is 79.9 Å². The number of halogens is 3. The summed E-state index contributed by atoms with van der Waals surface area (Å²) in [4.78, 5) is 60.0. The molecule has 10 heteroatoms. The number of carbonyl (C=O) groups is 4. The largest absolute Gasteiger partial charge is 0.339 e. The highest BCUT2D eigenvalue weighted by atomic mass is 35.5. The van der Waals surface area contributed by atoms with Gasteiger partial charge in [-0.1, -0.05) is 59.6 Å². The molecule has 2 saturated heterocycles. The van der Waals surface area contributed by atoms with E-state index >= 15 is 0 Å². The number of amides is 2. The molecule has 1 aliphatic carbocycles. The van der Waals surface area contributed by atoms with Crippen LogP contribution in [0.3, 0.4) is 0 Å². The number of fused-ring (bicyclic) bond motifs is 2. The molecule has 0 saturated carbocycles. The first-order valence-corrected chi connectivity index (χ1v) is 18.8. The third kappa shape index (κ3) is 7.70. The Morgan fingerprint density at radius 1 is 0.731 bits per heavy atom. The maximum atomic E-state index is 14.1. The Balaban J connectivity index is 0.957. The van der Waals surface area contributed by atoms with Crippen molar-refractivity contribution in [2.24, 2.45) is 11.8 Å². The molecule has 52 heavy (non-hydrogen) atoms. The summed E-state index contributed by atoms with van der Waals surface area (Å²) in [6.45, 7) is 4.15. The molecular weight excluding hydrogens is 700 g/mol. The molecule has 2 amide bonds. The number of piperidine rings is 2. The van der Waals surface area contributed by atoms with Gasteiger partial charge in [-0.15, -0.1) is 0 Å². The van der Waals surface area contributed by atoms with Crippen LogP contribution in [0.2, 0.25) is 10.0 Å². The van der Waals surface area contributed by atoms with Crippen LogP contribution in [0, 0.1) is 17.7 Å². The van der Waals surface area contributed by atoms with E-state index in [9.17, 15) is 23.6 Å². The number of benzene rings is 4. The molecule has 0 spiro atoms. The zero-order valence-corrected chi connectivity index (χ0v) is 30.3. The predicted octanol–water partition coefficient (Wildman–Crippen LogP) is 8.14. The van der Waals surface area contributed by atoms with Gasteiger partial charge in [0.1, 0.15) is 5.82 Å². The highest BCUT2D eigenvalue weighted by Crippen LogP contribution is 2.32. The zero-order valence-electron chi connectivity index (χ0n) is 28.8. The van der Waals surface area contributed by atoms with E-state index in [1.54, 1.807) is 53.4 Å². The lowest BCUT2D eigenvalue weighted by molar-refractivity contribution is -0.123. The topological polar surface area (TPSA) is 78.0 Å². The van der Waals surface area contributed by atoms with E-state index in [1.165, 1.54) is 23.8 Å². The van der Waals surface area contributed by atoms with Gasteiger partial charge in [0.05, 0.1) is 10.0 Å². The smallest absolute Gasteiger partial charge is 0.253 e. The fraction of sp³-hybridized carbons (Fsp3) is 0.333. The van der Waals surface area contributed by atoms with Gasteiger partial charge in [-0.2, -0.15) is 0 Å². The van der Waals surface area contributed by atoms with Crippen LogP contribution in [0.25, 0.3) is 0 Å². The molecular formula is C42H40Cl2FN3O4. The first-order valence-electron chi connectivity index (χ1n) is 18.0. The molecule has 7 nitrogen and oxygen atoms in total. The van der Waals surface area contributed by atoms with Gasteiger partial charge in [0, 0.05) is 59.1 Å². The number of anilines is 1. The van der Waals surface area contributed by atoms with Crippen molar-refractivity contribution in [3.05, 3.63) is 134 Å². The van der Waals surface area contributed by atoms with Gasteiger partial charge < -0.3 is 14.7 Å². The highest BCUT2D eigenvalue weighted by Gasteiger charge is 2.34. The van der Waals surface area contributed by atoms with Crippen molar-refractivity contribution in [1.29, 1.82) is 0 Å². The van der Waals surface area contributed by atoms with Crippen LogP contribution >= 0.6 is 23.2 Å². The second-order valence-corrected chi connectivity index (χ2v) is 14.9. The van der Waals surface area contributed by atoms with E-state index in [2.05, 4.69) is 4.90 Å². The minimum absolute atomic E-state index is 0.0000456. The number of hydrogen-bond donors (Lipinski definition) is 0.